The number of aliphatic imine (C=N–C) groups is 1. The largest absolute Gasteiger partial charge is 0.462 e. The molecule has 166 valence electrons. The van der Waals surface area contributed by atoms with Crippen LogP contribution in [0.1, 0.15) is 46.1 Å². The SMILES string of the molecule is CCOC(=O)c1c(N=C[C@@H]2C(=O)NC(=O)N(c3ccc(C)cc3)C2=O)sc2c1CCCC2. The van der Waals surface area contributed by atoms with Crippen molar-refractivity contribution in [3.8, 4) is 0 Å². The predicted molar refractivity (Wildman–Crippen MR) is 121 cm³/mol. The molecular weight excluding hydrogens is 430 g/mol. The number of fused-ring (bicyclic) bond motifs is 1. The number of nitrogens with one attached hydrogen (secondary N) is 1. The van der Waals surface area contributed by atoms with Gasteiger partial charge in [-0.05, 0) is 57.2 Å². The molecule has 1 N–H and O–H groups in total. The molecule has 0 spiro atoms. The molecular formula is C23H23N3O5S. The lowest BCUT2D eigenvalue weighted by atomic mass is 9.95. The minimum Gasteiger partial charge on any atom is -0.462 e. The summed E-state index contributed by atoms with van der Waals surface area (Å²) < 4.78 is 5.22. The van der Waals surface area contributed by atoms with Crippen molar-refractivity contribution in [3.63, 3.8) is 0 Å². The monoisotopic (exact) mass is 453 g/mol. The summed E-state index contributed by atoms with van der Waals surface area (Å²) in [6, 6.07) is 6.03. The molecule has 1 saturated heterocycles. The van der Waals surface area contributed by atoms with Gasteiger partial charge in [0.05, 0.1) is 17.9 Å². The number of rotatable bonds is 5. The van der Waals surface area contributed by atoms with Gasteiger partial charge in [0.25, 0.3) is 5.91 Å². The van der Waals surface area contributed by atoms with Crippen LogP contribution in [0.15, 0.2) is 29.3 Å². The van der Waals surface area contributed by atoms with E-state index in [0.29, 0.717) is 16.3 Å². The lowest BCUT2D eigenvalue weighted by Crippen LogP contribution is -2.58. The first-order valence-electron chi connectivity index (χ1n) is 10.5. The van der Waals surface area contributed by atoms with E-state index in [4.69, 9.17) is 4.74 Å². The number of hydrogen-bond donors (Lipinski definition) is 1. The minimum absolute atomic E-state index is 0.240. The van der Waals surface area contributed by atoms with Gasteiger partial charge in [0, 0.05) is 11.1 Å². The molecule has 1 aromatic carbocycles. The van der Waals surface area contributed by atoms with E-state index in [-0.39, 0.29) is 6.61 Å². The van der Waals surface area contributed by atoms with Crippen molar-refractivity contribution in [3.05, 3.63) is 45.8 Å². The van der Waals surface area contributed by atoms with Gasteiger partial charge >= 0.3 is 12.0 Å². The fourth-order valence-electron chi connectivity index (χ4n) is 3.86. The summed E-state index contributed by atoms with van der Waals surface area (Å²) in [6.07, 6.45) is 4.87. The fraction of sp³-hybridized carbons (Fsp3) is 0.348. The molecule has 2 heterocycles. The average molecular weight is 454 g/mol. The maximum absolute atomic E-state index is 13.0. The number of hydrogen-bond acceptors (Lipinski definition) is 7. The number of carbonyl (C=O) groups excluding carboxylic acids is 4. The number of ether oxygens (including phenoxy) is 1. The molecule has 0 unspecified atom stereocenters. The number of urea groups is 1. The first-order valence-corrected chi connectivity index (χ1v) is 11.3. The average Bonchev–Trinajstić information content (AvgIpc) is 3.13. The molecule has 1 aromatic heterocycles. The number of thiophene rings is 1. The Morgan fingerprint density at radius 3 is 2.66 bits per heavy atom. The second kappa shape index (κ2) is 9.04. The molecule has 4 amide bonds. The van der Waals surface area contributed by atoms with Crippen molar-refractivity contribution in [1.29, 1.82) is 0 Å². The third-order valence-corrected chi connectivity index (χ3v) is 6.67. The summed E-state index contributed by atoms with van der Waals surface area (Å²) in [7, 11) is 0. The number of imide groups is 2. The van der Waals surface area contributed by atoms with Gasteiger partial charge in [-0.1, -0.05) is 17.7 Å². The van der Waals surface area contributed by atoms with Gasteiger partial charge in [-0.3, -0.25) is 14.9 Å². The Labute approximate surface area is 189 Å². The highest BCUT2D eigenvalue weighted by molar-refractivity contribution is 7.16. The molecule has 2 aromatic rings. The number of nitrogens with zero attached hydrogens (tertiary/aromatic N) is 2. The number of carbonyl (C=O) groups is 4. The molecule has 2 aliphatic rings. The molecule has 0 saturated carbocycles. The van der Waals surface area contributed by atoms with Gasteiger partial charge in [0.1, 0.15) is 5.00 Å². The van der Waals surface area contributed by atoms with E-state index in [1.165, 1.54) is 17.6 Å². The molecule has 1 fully saturated rings. The summed E-state index contributed by atoms with van der Waals surface area (Å²) in [5.41, 5.74) is 2.70. The van der Waals surface area contributed by atoms with Gasteiger partial charge in [-0.25, -0.2) is 19.5 Å². The van der Waals surface area contributed by atoms with Crippen molar-refractivity contribution >= 4 is 52.1 Å². The highest BCUT2D eigenvalue weighted by atomic mass is 32.1. The van der Waals surface area contributed by atoms with E-state index in [1.807, 2.05) is 6.92 Å². The van der Waals surface area contributed by atoms with Crippen LogP contribution in [0.4, 0.5) is 15.5 Å². The van der Waals surface area contributed by atoms with Crippen molar-refractivity contribution in [2.24, 2.45) is 10.9 Å². The molecule has 1 aliphatic heterocycles. The summed E-state index contributed by atoms with van der Waals surface area (Å²) in [5, 5.41) is 2.64. The molecule has 1 aliphatic carbocycles. The standard InChI is InChI=1S/C23H23N3O5S/c1-3-31-22(29)18-15-6-4-5-7-17(15)32-20(18)24-12-16-19(27)25-23(30)26(21(16)28)14-10-8-13(2)9-11-14/h8-12,16H,3-7H2,1-2H3,(H,25,27,30)/t16-/m1/s1. The van der Waals surface area contributed by atoms with E-state index in [1.54, 1.807) is 31.2 Å². The van der Waals surface area contributed by atoms with Gasteiger partial charge in [-0.2, -0.15) is 0 Å². The van der Waals surface area contributed by atoms with Gasteiger partial charge in [0.2, 0.25) is 5.91 Å². The van der Waals surface area contributed by atoms with E-state index >= 15 is 0 Å². The first kappa shape index (κ1) is 21.9. The maximum atomic E-state index is 13.0. The van der Waals surface area contributed by atoms with Crippen LogP contribution in [0.5, 0.6) is 0 Å². The Morgan fingerprint density at radius 1 is 1.22 bits per heavy atom. The van der Waals surface area contributed by atoms with Crippen molar-refractivity contribution in [2.45, 2.75) is 39.5 Å². The lowest BCUT2D eigenvalue weighted by molar-refractivity contribution is -0.131. The highest BCUT2D eigenvalue weighted by Crippen LogP contribution is 2.40. The molecule has 9 heteroatoms. The zero-order valence-corrected chi connectivity index (χ0v) is 18.7. The molecule has 32 heavy (non-hydrogen) atoms. The molecule has 0 radical (unpaired) electrons. The quantitative estimate of drug-likeness (QED) is 0.422. The van der Waals surface area contributed by atoms with Gasteiger partial charge < -0.3 is 4.74 Å². The Hall–Kier alpha value is -3.33. The number of benzene rings is 1. The van der Waals surface area contributed by atoms with E-state index in [0.717, 1.165) is 46.6 Å². The summed E-state index contributed by atoms with van der Waals surface area (Å²) in [4.78, 5) is 56.8. The van der Waals surface area contributed by atoms with E-state index in [2.05, 4.69) is 10.3 Å². The topological polar surface area (TPSA) is 105 Å². The number of anilines is 1. The van der Waals surface area contributed by atoms with Crippen LogP contribution in [0.2, 0.25) is 0 Å². The number of barbiturate groups is 1. The Kier molecular flexibility index (Phi) is 6.18. The normalized spacial score (nSPS) is 18.6. The number of aryl methyl sites for hydroxylation is 2. The van der Waals surface area contributed by atoms with E-state index < -0.39 is 29.7 Å². The lowest BCUT2D eigenvalue weighted by Gasteiger charge is -2.28. The van der Waals surface area contributed by atoms with Crippen LogP contribution in [-0.4, -0.2) is 36.6 Å². The van der Waals surface area contributed by atoms with Crippen molar-refractivity contribution in [2.75, 3.05) is 11.5 Å². The third-order valence-electron chi connectivity index (χ3n) is 5.47. The molecule has 8 nitrogen and oxygen atoms in total. The second-order valence-corrected chi connectivity index (χ2v) is 8.75. The van der Waals surface area contributed by atoms with Crippen LogP contribution in [0.25, 0.3) is 0 Å². The molecule has 1 atom stereocenters. The van der Waals surface area contributed by atoms with Crippen LogP contribution >= 0.6 is 11.3 Å². The minimum atomic E-state index is -1.29. The smallest absolute Gasteiger partial charge is 0.341 e. The zero-order chi connectivity index (χ0) is 22.8. The van der Waals surface area contributed by atoms with Gasteiger partial charge in [-0.15, -0.1) is 11.3 Å². The second-order valence-electron chi connectivity index (χ2n) is 7.67. The molecule has 4 rings (SSSR count). The summed E-state index contributed by atoms with van der Waals surface area (Å²) in [5.74, 6) is -3.17. The predicted octanol–water partition coefficient (Wildman–Crippen LogP) is 3.71. The zero-order valence-electron chi connectivity index (χ0n) is 17.8. The fourth-order valence-corrected chi connectivity index (χ4v) is 5.09. The van der Waals surface area contributed by atoms with Crippen molar-refractivity contribution in [1.82, 2.24) is 5.32 Å². The first-order chi connectivity index (χ1) is 15.4. The van der Waals surface area contributed by atoms with Crippen LogP contribution in [-0.2, 0) is 27.2 Å². The van der Waals surface area contributed by atoms with Crippen LogP contribution in [0, 0.1) is 12.8 Å². The summed E-state index contributed by atoms with van der Waals surface area (Å²) >= 11 is 1.38. The number of esters is 1. The maximum Gasteiger partial charge on any atom is 0.341 e. The third kappa shape index (κ3) is 4.08. The van der Waals surface area contributed by atoms with Crippen LogP contribution < -0.4 is 10.2 Å². The summed E-state index contributed by atoms with van der Waals surface area (Å²) in [6.45, 7) is 3.87. The van der Waals surface area contributed by atoms with Crippen molar-refractivity contribution < 1.29 is 23.9 Å². The Balaban J connectivity index is 1.66. The van der Waals surface area contributed by atoms with E-state index in [9.17, 15) is 19.2 Å². The Bertz CT molecular complexity index is 1120. The van der Waals surface area contributed by atoms with Crippen LogP contribution in [0.3, 0.4) is 0 Å². The number of amides is 4. The Morgan fingerprint density at radius 2 is 1.94 bits per heavy atom. The van der Waals surface area contributed by atoms with Gasteiger partial charge in [0.15, 0.2) is 5.92 Å². The molecule has 0 bridgehead atoms. The highest BCUT2D eigenvalue weighted by Gasteiger charge is 2.40.